The van der Waals surface area contributed by atoms with Gasteiger partial charge in [-0.2, -0.15) is 0 Å². The van der Waals surface area contributed by atoms with Crippen molar-refractivity contribution in [2.75, 3.05) is 46.5 Å². The Hall–Kier alpha value is -2.48. The zero-order chi connectivity index (χ0) is 26.4. The van der Waals surface area contributed by atoms with E-state index in [4.69, 9.17) is 25.8 Å². The smallest absolute Gasteiger partial charge is 0.222 e. The van der Waals surface area contributed by atoms with Gasteiger partial charge < -0.3 is 24.2 Å². The van der Waals surface area contributed by atoms with E-state index < -0.39 is 5.60 Å². The summed E-state index contributed by atoms with van der Waals surface area (Å²) in [7, 11) is 1.64. The fourth-order valence-electron chi connectivity index (χ4n) is 5.23. The SMILES string of the molecule is COc1cc(CN2CCCC(O)(COc3cc(C)c(Cl)c(C)c3)C2)ccc1OCCCN1CCCC1=O. The predicted octanol–water partition coefficient (Wildman–Crippen LogP) is 4.76. The molecule has 2 aliphatic rings. The third-order valence-corrected chi connectivity index (χ3v) is 7.78. The van der Waals surface area contributed by atoms with Crippen molar-refractivity contribution in [1.82, 2.24) is 9.80 Å². The Morgan fingerprint density at radius 3 is 2.54 bits per heavy atom. The number of carbonyl (C=O) groups excluding carboxylic acids is 1. The summed E-state index contributed by atoms with van der Waals surface area (Å²) in [5, 5.41) is 12.0. The first kappa shape index (κ1) is 27.6. The molecule has 1 atom stereocenters. The first-order chi connectivity index (χ1) is 17.8. The second-order valence-corrected chi connectivity index (χ2v) is 10.7. The molecule has 0 aromatic heterocycles. The van der Waals surface area contributed by atoms with Crippen LogP contribution in [0.15, 0.2) is 30.3 Å². The van der Waals surface area contributed by atoms with Gasteiger partial charge >= 0.3 is 0 Å². The highest BCUT2D eigenvalue weighted by molar-refractivity contribution is 6.32. The van der Waals surface area contributed by atoms with Crippen LogP contribution in [0.2, 0.25) is 5.02 Å². The number of piperidine rings is 1. The Kier molecular flexibility index (Phi) is 9.22. The van der Waals surface area contributed by atoms with Crippen LogP contribution in [0.4, 0.5) is 0 Å². The fraction of sp³-hybridized carbons (Fsp3) is 0.552. The highest BCUT2D eigenvalue weighted by Crippen LogP contribution is 2.31. The molecule has 2 fully saturated rings. The quantitative estimate of drug-likeness (QED) is 0.422. The summed E-state index contributed by atoms with van der Waals surface area (Å²) >= 11 is 6.27. The molecule has 8 heteroatoms. The van der Waals surface area contributed by atoms with Crippen LogP contribution in [0.3, 0.4) is 0 Å². The Morgan fingerprint density at radius 2 is 1.84 bits per heavy atom. The molecule has 2 heterocycles. The van der Waals surface area contributed by atoms with Crippen molar-refractivity contribution in [2.24, 2.45) is 0 Å². The van der Waals surface area contributed by atoms with Gasteiger partial charge in [-0.25, -0.2) is 0 Å². The van der Waals surface area contributed by atoms with Crippen LogP contribution in [-0.2, 0) is 11.3 Å². The lowest BCUT2D eigenvalue weighted by atomic mass is 9.93. The van der Waals surface area contributed by atoms with Gasteiger partial charge in [-0.05, 0) is 87.0 Å². The van der Waals surface area contributed by atoms with Crippen LogP contribution < -0.4 is 14.2 Å². The number of aryl methyl sites for hydroxylation is 2. The van der Waals surface area contributed by atoms with Crippen molar-refractivity contribution in [1.29, 1.82) is 0 Å². The van der Waals surface area contributed by atoms with Crippen molar-refractivity contribution >= 4 is 17.5 Å². The molecular weight excluding hydrogens is 492 g/mol. The maximum atomic E-state index is 11.8. The normalized spacial score (nSPS) is 20.4. The number of amides is 1. The van der Waals surface area contributed by atoms with E-state index in [1.165, 1.54) is 0 Å². The maximum absolute atomic E-state index is 11.8. The van der Waals surface area contributed by atoms with Crippen molar-refractivity contribution in [3.8, 4) is 17.2 Å². The first-order valence-electron chi connectivity index (χ1n) is 13.2. The molecule has 2 aromatic rings. The van der Waals surface area contributed by atoms with E-state index in [0.717, 1.165) is 66.4 Å². The van der Waals surface area contributed by atoms with Crippen LogP contribution in [0.5, 0.6) is 17.2 Å². The number of ether oxygens (including phenoxy) is 3. The molecule has 37 heavy (non-hydrogen) atoms. The standard InChI is InChI=1S/C29H39ClN2O5/c1-21-15-24(16-22(2)28(21)30)37-20-29(34)10-5-11-31(19-29)18-23-8-9-25(26(17-23)35-3)36-14-6-13-32-12-4-7-27(32)33/h8-9,15-17,34H,4-7,10-14,18-20H2,1-3H3. The van der Waals surface area contributed by atoms with Gasteiger partial charge in [-0.3, -0.25) is 9.69 Å². The lowest BCUT2D eigenvalue weighted by molar-refractivity contribution is -0.127. The number of benzene rings is 2. The minimum atomic E-state index is -0.913. The number of carbonyl (C=O) groups is 1. The van der Waals surface area contributed by atoms with Crippen LogP contribution in [0.25, 0.3) is 0 Å². The summed E-state index contributed by atoms with van der Waals surface area (Å²) in [4.78, 5) is 15.9. The number of nitrogens with zero attached hydrogens (tertiary/aromatic N) is 2. The van der Waals surface area contributed by atoms with E-state index in [9.17, 15) is 9.90 Å². The second-order valence-electron chi connectivity index (χ2n) is 10.4. The van der Waals surface area contributed by atoms with E-state index in [-0.39, 0.29) is 12.5 Å². The van der Waals surface area contributed by atoms with Crippen LogP contribution in [-0.4, -0.2) is 72.9 Å². The molecule has 0 bridgehead atoms. The van der Waals surface area contributed by atoms with Gasteiger partial charge in [0.25, 0.3) is 0 Å². The lowest BCUT2D eigenvalue weighted by Crippen LogP contribution is -2.51. The van der Waals surface area contributed by atoms with Crippen LogP contribution in [0.1, 0.15) is 48.8 Å². The summed E-state index contributed by atoms with van der Waals surface area (Å²) in [6.45, 7) is 8.43. The zero-order valence-corrected chi connectivity index (χ0v) is 23.0. The molecule has 2 aliphatic heterocycles. The maximum Gasteiger partial charge on any atom is 0.222 e. The summed E-state index contributed by atoms with van der Waals surface area (Å²) in [6, 6.07) is 9.83. The monoisotopic (exact) mass is 530 g/mol. The Bertz CT molecular complexity index is 1070. The number of likely N-dealkylation sites (tertiary alicyclic amines) is 2. The molecule has 0 spiro atoms. The average Bonchev–Trinajstić information content (AvgIpc) is 3.29. The van der Waals surface area contributed by atoms with Crippen molar-refractivity contribution in [3.05, 3.63) is 52.0 Å². The topological polar surface area (TPSA) is 71.5 Å². The molecule has 0 aliphatic carbocycles. The lowest BCUT2D eigenvalue weighted by Gasteiger charge is -2.39. The largest absolute Gasteiger partial charge is 0.493 e. The third kappa shape index (κ3) is 7.30. The molecule has 1 N–H and O–H groups in total. The highest BCUT2D eigenvalue weighted by atomic mass is 35.5. The molecule has 4 rings (SSSR count). The first-order valence-corrected chi connectivity index (χ1v) is 13.6. The van der Waals surface area contributed by atoms with Gasteiger partial charge in [-0.1, -0.05) is 17.7 Å². The van der Waals surface area contributed by atoms with Crippen LogP contribution >= 0.6 is 11.6 Å². The van der Waals surface area contributed by atoms with Crippen molar-refractivity contribution < 1.29 is 24.1 Å². The van der Waals surface area contributed by atoms with Gasteiger partial charge in [0, 0.05) is 37.6 Å². The van der Waals surface area contributed by atoms with Gasteiger partial charge in [0.1, 0.15) is 18.0 Å². The molecule has 2 saturated heterocycles. The zero-order valence-electron chi connectivity index (χ0n) is 22.2. The van der Waals surface area contributed by atoms with Gasteiger partial charge in [0.15, 0.2) is 11.5 Å². The second kappa shape index (κ2) is 12.4. The summed E-state index contributed by atoms with van der Waals surface area (Å²) in [5.41, 5.74) is 2.12. The summed E-state index contributed by atoms with van der Waals surface area (Å²) < 4.78 is 17.6. The van der Waals surface area contributed by atoms with Crippen molar-refractivity contribution in [2.45, 2.75) is 58.1 Å². The Labute approximate surface area is 225 Å². The van der Waals surface area contributed by atoms with E-state index in [2.05, 4.69) is 4.90 Å². The molecule has 2 aromatic carbocycles. The fourth-order valence-corrected chi connectivity index (χ4v) is 5.34. The number of hydrogen-bond donors (Lipinski definition) is 1. The number of halogens is 1. The van der Waals surface area contributed by atoms with E-state index >= 15 is 0 Å². The molecule has 0 saturated carbocycles. The van der Waals surface area contributed by atoms with Crippen LogP contribution in [0, 0.1) is 13.8 Å². The molecular formula is C29H39ClN2O5. The Morgan fingerprint density at radius 1 is 1.05 bits per heavy atom. The highest BCUT2D eigenvalue weighted by Gasteiger charge is 2.34. The minimum absolute atomic E-state index is 0.239. The molecule has 1 unspecified atom stereocenters. The van der Waals surface area contributed by atoms with Crippen molar-refractivity contribution in [3.63, 3.8) is 0 Å². The molecule has 0 radical (unpaired) electrons. The predicted molar refractivity (Wildman–Crippen MR) is 145 cm³/mol. The minimum Gasteiger partial charge on any atom is -0.493 e. The number of β-amino-alcohol motifs (C(OH)–C–C–N with tert-alkyl or cyclic N) is 1. The number of aliphatic hydroxyl groups is 1. The number of hydrogen-bond acceptors (Lipinski definition) is 6. The molecule has 1 amide bonds. The van der Waals surface area contributed by atoms with E-state index in [1.807, 2.05) is 49.1 Å². The van der Waals surface area contributed by atoms with E-state index in [0.29, 0.717) is 44.0 Å². The number of methoxy groups -OCH3 is 1. The summed E-state index contributed by atoms with van der Waals surface area (Å²) in [5.74, 6) is 2.38. The van der Waals surface area contributed by atoms with Gasteiger partial charge in [-0.15, -0.1) is 0 Å². The van der Waals surface area contributed by atoms with E-state index in [1.54, 1.807) is 7.11 Å². The van der Waals surface area contributed by atoms with Gasteiger partial charge in [0.05, 0.1) is 13.7 Å². The molecule has 7 nitrogen and oxygen atoms in total. The number of rotatable bonds is 11. The average molecular weight is 531 g/mol. The van der Waals surface area contributed by atoms with Gasteiger partial charge in [0.2, 0.25) is 5.91 Å². The molecule has 202 valence electrons. The Balaban J connectivity index is 1.29. The third-order valence-electron chi connectivity index (χ3n) is 7.19. The summed E-state index contributed by atoms with van der Waals surface area (Å²) in [6.07, 6.45) is 4.02.